The number of benzene rings is 2. The fourth-order valence-electron chi connectivity index (χ4n) is 3.34. The summed E-state index contributed by atoms with van der Waals surface area (Å²) in [7, 11) is 0. The number of hydrogen-bond donors (Lipinski definition) is 1. The molecular weight excluding hydrogens is 258 g/mol. The lowest BCUT2D eigenvalue weighted by atomic mass is 9.84. The molecule has 0 radical (unpaired) electrons. The number of aliphatic hydroxyl groups is 1. The normalized spacial score (nSPS) is 17.0. The van der Waals surface area contributed by atoms with Gasteiger partial charge in [0.1, 0.15) is 0 Å². The summed E-state index contributed by atoms with van der Waals surface area (Å²) in [6.07, 6.45) is 2.37. The minimum absolute atomic E-state index is 0.269. The lowest BCUT2D eigenvalue weighted by molar-refractivity contribution is 0.164. The Kier molecular flexibility index (Phi) is 4.69. The standard InChI is InChI=1S/C19H23NO/c21-15-14-20-12-10-17(11-13-20)19-9-5-4-8-18(19)16-6-2-1-3-7-16/h1-9,17,21H,10-15H2. The molecule has 110 valence electrons. The molecule has 0 atom stereocenters. The van der Waals surface area contributed by atoms with Crippen molar-refractivity contribution in [2.24, 2.45) is 0 Å². The van der Waals surface area contributed by atoms with E-state index in [2.05, 4.69) is 59.5 Å². The van der Waals surface area contributed by atoms with Crippen molar-refractivity contribution in [3.63, 3.8) is 0 Å². The largest absolute Gasteiger partial charge is 0.395 e. The van der Waals surface area contributed by atoms with Crippen molar-refractivity contribution in [3.8, 4) is 11.1 Å². The summed E-state index contributed by atoms with van der Waals surface area (Å²) in [5, 5.41) is 9.05. The number of nitrogens with zero attached hydrogens (tertiary/aromatic N) is 1. The van der Waals surface area contributed by atoms with Crippen molar-refractivity contribution in [2.45, 2.75) is 18.8 Å². The molecule has 1 aliphatic rings. The molecular formula is C19H23NO. The highest BCUT2D eigenvalue weighted by atomic mass is 16.3. The minimum atomic E-state index is 0.269. The van der Waals surface area contributed by atoms with Crippen molar-refractivity contribution in [2.75, 3.05) is 26.2 Å². The second kappa shape index (κ2) is 6.88. The molecule has 2 nitrogen and oxygen atoms in total. The quantitative estimate of drug-likeness (QED) is 0.927. The van der Waals surface area contributed by atoms with E-state index in [1.807, 2.05) is 0 Å². The fraction of sp³-hybridized carbons (Fsp3) is 0.368. The molecule has 0 spiro atoms. The number of piperidine rings is 1. The van der Waals surface area contributed by atoms with Crippen molar-refractivity contribution < 1.29 is 5.11 Å². The van der Waals surface area contributed by atoms with Gasteiger partial charge >= 0.3 is 0 Å². The van der Waals surface area contributed by atoms with E-state index >= 15 is 0 Å². The third-order valence-electron chi connectivity index (χ3n) is 4.49. The highest BCUT2D eigenvalue weighted by molar-refractivity contribution is 5.68. The van der Waals surface area contributed by atoms with Crippen molar-refractivity contribution >= 4 is 0 Å². The first-order valence-corrected chi connectivity index (χ1v) is 7.86. The van der Waals surface area contributed by atoms with Gasteiger partial charge in [0.25, 0.3) is 0 Å². The number of rotatable bonds is 4. The molecule has 1 heterocycles. The summed E-state index contributed by atoms with van der Waals surface area (Å²) in [6.45, 7) is 3.26. The summed E-state index contributed by atoms with van der Waals surface area (Å²) in [5.74, 6) is 0.636. The Morgan fingerprint density at radius 1 is 0.905 bits per heavy atom. The highest BCUT2D eigenvalue weighted by Gasteiger charge is 2.22. The summed E-state index contributed by atoms with van der Waals surface area (Å²) in [6, 6.07) is 19.5. The molecule has 2 heteroatoms. The molecule has 3 rings (SSSR count). The van der Waals surface area contributed by atoms with Gasteiger partial charge in [0.15, 0.2) is 0 Å². The van der Waals surface area contributed by atoms with E-state index in [9.17, 15) is 0 Å². The monoisotopic (exact) mass is 281 g/mol. The van der Waals surface area contributed by atoms with Gasteiger partial charge in [0.05, 0.1) is 6.61 Å². The van der Waals surface area contributed by atoms with Crippen LogP contribution in [0.5, 0.6) is 0 Å². The van der Waals surface area contributed by atoms with Crippen molar-refractivity contribution in [1.82, 2.24) is 4.90 Å². The average molecular weight is 281 g/mol. The van der Waals surface area contributed by atoms with Crippen LogP contribution >= 0.6 is 0 Å². The smallest absolute Gasteiger partial charge is 0.0558 e. The van der Waals surface area contributed by atoms with Gasteiger partial charge in [-0.25, -0.2) is 0 Å². The zero-order valence-corrected chi connectivity index (χ0v) is 12.4. The first-order valence-electron chi connectivity index (χ1n) is 7.86. The van der Waals surface area contributed by atoms with Crippen LogP contribution in [0, 0.1) is 0 Å². The first kappa shape index (κ1) is 14.3. The molecule has 2 aromatic rings. The van der Waals surface area contributed by atoms with Gasteiger partial charge < -0.3 is 10.0 Å². The summed E-state index contributed by atoms with van der Waals surface area (Å²) >= 11 is 0. The highest BCUT2D eigenvalue weighted by Crippen LogP contribution is 2.35. The predicted molar refractivity (Wildman–Crippen MR) is 87.4 cm³/mol. The first-order chi connectivity index (χ1) is 10.4. The second-order valence-electron chi connectivity index (χ2n) is 5.79. The summed E-state index contributed by atoms with van der Waals surface area (Å²) in [5.41, 5.74) is 4.16. The lowest BCUT2D eigenvalue weighted by Crippen LogP contribution is -2.35. The van der Waals surface area contributed by atoms with E-state index in [1.165, 1.54) is 29.5 Å². The van der Waals surface area contributed by atoms with Gasteiger partial charge in [0.2, 0.25) is 0 Å². The van der Waals surface area contributed by atoms with Crippen LogP contribution in [-0.2, 0) is 0 Å². The molecule has 0 amide bonds. The fourth-order valence-corrected chi connectivity index (χ4v) is 3.34. The Morgan fingerprint density at radius 3 is 2.29 bits per heavy atom. The maximum atomic E-state index is 9.05. The van der Waals surface area contributed by atoms with Gasteiger partial charge in [-0.15, -0.1) is 0 Å². The van der Waals surface area contributed by atoms with Crippen LogP contribution < -0.4 is 0 Å². The minimum Gasteiger partial charge on any atom is -0.395 e. The maximum absolute atomic E-state index is 9.05. The molecule has 1 aliphatic heterocycles. The van der Waals surface area contributed by atoms with Crippen LogP contribution in [0.3, 0.4) is 0 Å². The van der Waals surface area contributed by atoms with Crippen LogP contribution in [0.4, 0.5) is 0 Å². The molecule has 0 saturated carbocycles. The molecule has 0 bridgehead atoms. The van der Waals surface area contributed by atoms with E-state index in [4.69, 9.17) is 5.11 Å². The number of hydrogen-bond acceptors (Lipinski definition) is 2. The summed E-state index contributed by atoms with van der Waals surface area (Å²) < 4.78 is 0. The third kappa shape index (κ3) is 3.34. The molecule has 1 N–H and O–H groups in total. The topological polar surface area (TPSA) is 23.5 Å². The molecule has 21 heavy (non-hydrogen) atoms. The SMILES string of the molecule is OCCN1CCC(c2ccccc2-c2ccccc2)CC1. The van der Waals surface area contributed by atoms with Gasteiger partial charge in [-0.1, -0.05) is 54.6 Å². The van der Waals surface area contributed by atoms with Gasteiger partial charge in [0, 0.05) is 6.54 Å². The number of likely N-dealkylation sites (tertiary alicyclic amines) is 1. The Balaban J connectivity index is 1.81. The van der Waals surface area contributed by atoms with Crippen LogP contribution in [0.2, 0.25) is 0 Å². The number of aliphatic hydroxyl groups excluding tert-OH is 1. The van der Waals surface area contributed by atoms with E-state index in [0.29, 0.717) is 5.92 Å². The zero-order chi connectivity index (χ0) is 14.5. The number of β-amino-alcohol motifs (C(OH)–C–C–N with tert-alkyl or cyclic N) is 1. The van der Waals surface area contributed by atoms with Crippen LogP contribution in [0.1, 0.15) is 24.3 Å². The molecule has 0 unspecified atom stereocenters. The van der Waals surface area contributed by atoms with Crippen molar-refractivity contribution in [3.05, 3.63) is 60.2 Å². The van der Waals surface area contributed by atoms with Crippen LogP contribution in [0.15, 0.2) is 54.6 Å². The van der Waals surface area contributed by atoms with Gasteiger partial charge in [-0.2, -0.15) is 0 Å². The molecule has 1 fully saturated rings. The Hall–Kier alpha value is -1.64. The molecule has 0 aliphatic carbocycles. The van der Waals surface area contributed by atoms with Gasteiger partial charge in [-0.3, -0.25) is 0 Å². The van der Waals surface area contributed by atoms with E-state index in [0.717, 1.165) is 19.6 Å². The van der Waals surface area contributed by atoms with Crippen LogP contribution in [-0.4, -0.2) is 36.2 Å². The van der Waals surface area contributed by atoms with E-state index in [1.54, 1.807) is 0 Å². The molecule has 2 aromatic carbocycles. The average Bonchev–Trinajstić information content (AvgIpc) is 2.57. The Bertz CT molecular complexity index is 559. The van der Waals surface area contributed by atoms with E-state index in [-0.39, 0.29) is 6.61 Å². The zero-order valence-electron chi connectivity index (χ0n) is 12.4. The maximum Gasteiger partial charge on any atom is 0.0558 e. The second-order valence-corrected chi connectivity index (χ2v) is 5.79. The lowest BCUT2D eigenvalue weighted by Gasteiger charge is -2.32. The molecule has 1 saturated heterocycles. The summed E-state index contributed by atoms with van der Waals surface area (Å²) in [4.78, 5) is 2.36. The van der Waals surface area contributed by atoms with E-state index < -0.39 is 0 Å². The molecule has 0 aromatic heterocycles. The van der Waals surface area contributed by atoms with Crippen LogP contribution in [0.25, 0.3) is 11.1 Å². The van der Waals surface area contributed by atoms with Gasteiger partial charge in [-0.05, 0) is 48.5 Å². The Morgan fingerprint density at radius 2 is 1.57 bits per heavy atom. The third-order valence-corrected chi connectivity index (χ3v) is 4.49. The van der Waals surface area contributed by atoms with Crippen molar-refractivity contribution in [1.29, 1.82) is 0 Å². The predicted octanol–water partition coefficient (Wildman–Crippen LogP) is 3.53. The Labute approximate surface area is 127 Å².